The maximum absolute atomic E-state index is 12.4. The third-order valence-corrected chi connectivity index (χ3v) is 2.94. The molecule has 0 N–H and O–H groups in total. The molecular formula is C20H29NO6. The molecule has 0 bridgehead atoms. The summed E-state index contributed by atoms with van der Waals surface area (Å²) >= 11 is 0. The molecule has 27 heavy (non-hydrogen) atoms. The van der Waals surface area contributed by atoms with Crippen LogP contribution in [0, 0.1) is 0 Å². The molecule has 0 saturated heterocycles. The van der Waals surface area contributed by atoms with Gasteiger partial charge in [-0.3, -0.25) is 14.5 Å². The summed E-state index contributed by atoms with van der Waals surface area (Å²) in [4.78, 5) is 37.6. The Morgan fingerprint density at radius 3 is 1.67 bits per heavy atom. The summed E-state index contributed by atoms with van der Waals surface area (Å²) in [5.74, 6) is -1.27. The van der Waals surface area contributed by atoms with Gasteiger partial charge in [0, 0.05) is 0 Å². The fourth-order valence-electron chi connectivity index (χ4n) is 2.05. The van der Waals surface area contributed by atoms with Gasteiger partial charge < -0.3 is 14.2 Å². The lowest BCUT2D eigenvalue weighted by Gasteiger charge is -2.26. The molecule has 0 aliphatic heterocycles. The molecule has 1 amide bonds. The van der Waals surface area contributed by atoms with Gasteiger partial charge in [0.05, 0.1) is 0 Å². The number of carbonyl (C=O) groups excluding carboxylic acids is 3. The fraction of sp³-hybridized carbons (Fsp3) is 0.550. The van der Waals surface area contributed by atoms with Gasteiger partial charge in [-0.2, -0.15) is 0 Å². The molecule has 0 heterocycles. The number of amides is 1. The third-order valence-electron chi connectivity index (χ3n) is 2.94. The van der Waals surface area contributed by atoms with E-state index in [1.54, 1.807) is 53.7 Å². The zero-order chi connectivity index (χ0) is 20.7. The van der Waals surface area contributed by atoms with Crippen LogP contribution < -0.4 is 0 Å². The number of esters is 2. The van der Waals surface area contributed by atoms with Gasteiger partial charge in [-0.05, 0) is 47.1 Å². The van der Waals surface area contributed by atoms with Crippen LogP contribution in [0.25, 0.3) is 0 Å². The van der Waals surface area contributed by atoms with Crippen LogP contribution >= 0.6 is 0 Å². The Bertz CT molecular complexity index is 613. The van der Waals surface area contributed by atoms with E-state index in [1.807, 2.05) is 18.2 Å². The van der Waals surface area contributed by atoms with E-state index < -0.39 is 42.3 Å². The van der Waals surface area contributed by atoms with Crippen molar-refractivity contribution in [3.05, 3.63) is 35.9 Å². The van der Waals surface area contributed by atoms with Crippen molar-refractivity contribution < 1.29 is 28.6 Å². The van der Waals surface area contributed by atoms with Crippen LogP contribution in [0.2, 0.25) is 0 Å². The van der Waals surface area contributed by atoms with E-state index in [1.165, 1.54) is 0 Å². The zero-order valence-electron chi connectivity index (χ0n) is 16.9. The summed E-state index contributed by atoms with van der Waals surface area (Å²) in [6.45, 7) is 9.52. The second kappa shape index (κ2) is 9.39. The van der Waals surface area contributed by atoms with Crippen molar-refractivity contribution in [2.24, 2.45) is 0 Å². The molecule has 0 fully saturated rings. The van der Waals surface area contributed by atoms with Crippen LogP contribution in [0.3, 0.4) is 0 Å². The highest BCUT2D eigenvalue weighted by atomic mass is 16.6. The Balaban J connectivity index is 2.77. The molecule has 0 aliphatic rings. The van der Waals surface area contributed by atoms with Gasteiger partial charge in [0.15, 0.2) is 0 Å². The van der Waals surface area contributed by atoms with E-state index >= 15 is 0 Å². The number of hydrogen-bond acceptors (Lipinski definition) is 6. The van der Waals surface area contributed by atoms with E-state index in [0.717, 1.165) is 10.5 Å². The molecule has 1 rings (SSSR count). The van der Waals surface area contributed by atoms with Crippen LogP contribution in [0.15, 0.2) is 30.3 Å². The monoisotopic (exact) mass is 379 g/mol. The van der Waals surface area contributed by atoms with Crippen molar-refractivity contribution in [3.63, 3.8) is 0 Å². The highest BCUT2D eigenvalue weighted by molar-refractivity contribution is 5.83. The number of benzene rings is 1. The maximum Gasteiger partial charge on any atom is 0.411 e. The van der Waals surface area contributed by atoms with Crippen LogP contribution in [-0.2, 0) is 30.4 Å². The summed E-state index contributed by atoms with van der Waals surface area (Å²) < 4.78 is 15.7. The van der Waals surface area contributed by atoms with Crippen LogP contribution in [0.5, 0.6) is 0 Å². The minimum absolute atomic E-state index is 0.0266. The second-order valence-electron chi connectivity index (χ2n) is 8.07. The lowest BCUT2D eigenvalue weighted by Crippen LogP contribution is -2.43. The number of carbonyl (C=O) groups is 3. The molecule has 0 radical (unpaired) electrons. The van der Waals surface area contributed by atoms with Crippen molar-refractivity contribution in [1.82, 2.24) is 4.90 Å². The molecule has 0 saturated carbocycles. The van der Waals surface area contributed by atoms with E-state index in [2.05, 4.69) is 0 Å². The third kappa shape index (κ3) is 10.2. The van der Waals surface area contributed by atoms with Crippen molar-refractivity contribution in [3.8, 4) is 0 Å². The smallest absolute Gasteiger partial charge is 0.411 e. The van der Waals surface area contributed by atoms with Crippen molar-refractivity contribution >= 4 is 18.0 Å². The summed E-state index contributed by atoms with van der Waals surface area (Å²) in [7, 11) is 0. The molecule has 0 unspecified atom stereocenters. The lowest BCUT2D eigenvalue weighted by molar-refractivity contribution is -0.159. The number of nitrogens with zero attached hydrogens (tertiary/aromatic N) is 1. The Morgan fingerprint density at radius 1 is 0.815 bits per heavy atom. The quantitative estimate of drug-likeness (QED) is 0.557. The number of hydrogen-bond donors (Lipinski definition) is 0. The van der Waals surface area contributed by atoms with Crippen molar-refractivity contribution in [2.45, 2.75) is 59.4 Å². The molecule has 1 aromatic carbocycles. The normalized spacial score (nSPS) is 11.5. The van der Waals surface area contributed by atoms with E-state index in [4.69, 9.17) is 14.2 Å². The predicted molar refractivity (Wildman–Crippen MR) is 99.9 cm³/mol. The summed E-state index contributed by atoms with van der Waals surface area (Å²) in [6, 6.07) is 9.10. The summed E-state index contributed by atoms with van der Waals surface area (Å²) in [6.07, 6.45) is -0.796. The average molecular weight is 379 g/mol. The van der Waals surface area contributed by atoms with Crippen LogP contribution in [0.4, 0.5) is 4.79 Å². The SMILES string of the molecule is CC(C)(C)OC(=O)CN(CC(=O)OC(C)(C)C)C(=O)OCc1ccccc1. The number of ether oxygens (including phenoxy) is 3. The Kier molecular flexibility index (Phi) is 7.82. The van der Waals surface area contributed by atoms with Crippen LogP contribution in [0.1, 0.15) is 47.1 Å². The molecule has 0 aliphatic carbocycles. The highest BCUT2D eigenvalue weighted by Gasteiger charge is 2.27. The Morgan fingerprint density at radius 2 is 1.26 bits per heavy atom. The van der Waals surface area contributed by atoms with Crippen molar-refractivity contribution in [2.75, 3.05) is 13.1 Å². The van der Waals surface area contributed by atoms with Crippen molar-refractivity contribution in [1.29, 1.82) is 0 Å². The average Bonchev–Trinajstić information content (AvgIpc) is 2.49. The summed E-state index contributed by atoms with van der Waals surface area (Å²) in [5, 5.41) is 0. The van der Waals surface area contributed by atoms with E-state index in [9.17, 15) is 14.4 Å². The Labute approximate surface area is 160 Å². The zero-order valence-corrected chi connectivity index (χ0v) is 16.9. The molecule has 150 valence electrons. The van der Waals surface area contributed by atoms with Crippen LogP contribution in [-0.4, -0.2) is 47.2 Å². The van der Waals surface area contributed by atoms with E-state index in [-0.39, 0.29) is 6.61 Å². The second-order valence-corrected chi connectivity index (χ2v) is 8.07. The van der Waals surface area contributed by atoms with Gasteiger partial charge in [0.2, 0.25) is 0 Å². The Hall–Kier alpha value is -2.57. The number of rotatable bonds is 6. The van der Waals surface area contributed by atoms with Gasteiger partial charge in [-0.15, -0.1) is 0 Å². The highest BCUT2D eigenvalue weighted by Crippen LogP contribution is 2.11. The minimum atomic E-state index is -0.796. The first-order valence-electron chi connectivity index (χ1n) is 8.75. The van der Waals surface area contributed by atoms with Gasteiger partial charge in [-0.25, -0.2) is 4.79 Å². The predicted octanol–water partition coefficient (Wildman–Crippen LogP) is 3.31. The fourth-order valence-corrected chi connectivity index (χ4v) is 2.05. The molecule has 7 nitrogen and oxygen atoms in total. The molecule has 0 spiro atoms. The first-order valence-corrected chi connectivity index (χ1v) is 8.75. The van der Waals surface area contributed by atoms with Gasteiger partial charge >= 0.3 is 18.0 Å². The standard InChI is InChI=1S/C20H29NO6/c1-19(2,3)26-16(22)12-21(13-17(23)27-20(4,5)6)18(24)25-14-15-10-8-7-9-11-15/h7-11H,12-14H2,1-6H3. The summed E-state index contributed by atoms with van der Waals surface area (Å²) in [5.41, 5.74) is -0.619. The molecule has 0 aromatic heterocycles. The largest absolute Gasteiger partial charge is 0.459 e. The van der Waals surface area contributed by atoms with Gasteiger partial charge in [0.25, 0.3) is 0 Å². The molecule has 7 heteroatoms. The lowest BCUT2D eigenvalue weighted by atomic mass is 10.2. The first kappa shape index (κ1) is 22.5. The topological polar surface area (TPSA) is 82.1 Å². The molecule has 0 atom stereocenters. The van der Waals surface area contributed by atoms with Gasteiger partial charge in [0.1, 0.15) is 30.9 Å². The minimum Gasteiger partial charge on any atom is -0.459 e. The van der Waals surface area contributed by atoms with Gasteiger partial charge in [-0.1, -0.05) is 30.3 Å². The molecule has 1 aromatic rings. The van der Waals surface area contributed by atoms with E-state index in [0.29, 0.717) is 0 Å². The first-order chi connectivity index (χ1) is 12.4. The molecular weight excluding hydrogens is 350 g/mol. The maximum atomic E-state index is 12.4.